The minimum absolute atomic E-state index is 0.117. The third kappa shape index (κ3) is 6.07. The number of benzene rings is 1. The first kappa shape index (κ1) is 18.7. The van der Waals surface area contributed by atoms with Crippen LogP contribution >= 0.6 is 11.8 Å². The maximum atomic E-state index is 12.0. The number of ether oxygens (including phenoxy) is 1. The van der Waals surface area contributed by atoms with E-state index in [0.717, 1.165) is 5.75 Å². The number of hydrogen-bond acceptors (Lipinski definition) is 6. The number of thioether (sulfide) groups is 1. The highest BCUT2D eigenvalue weighted by atomic mass is 32.2. The third-order valence-corrected chi connectivity index (χ3v) is 4.06. The second-order valence-electron chi connectivity index (χ2n) is 5.47. The van der Waals surface area contributed by atoms with E-state index in [9.17, 15) is 9.59 Å². The van der Waals surface area contributed by atoms with Crippen LogP contribution in [0.15, 0.2) is 41.4 Å². The van der Waals surface area contributed by atoms with Crippen molar-refractivity contribution in [2.24, 2.45) is 5.92 Å². The van der Waals surface area contributed by atoms with Crippen molar-refractivity contribution < 1.29 is 14.3 Å². The number of rotatable bonds is 7. The van der Waals surface area contributed by atoms with Gasteiger partial charge in [-0.1, -0.05) is 25.6 Å². The van der Waals surface area contributed by atoms with Gasteiger partial charge in [-0.05, 0) is 36.4 Å². The molecule has 0 saturated carbocycles. The predicted octanol–water partition coefficient (Wildman–Crippen LogP) is 2.81. The zero-order valence-corrected chi connectivity index (χ0v) is 15.1. The van der Waals surface area contributed by atoms with Gasteiger partial charge in [0.1, 0.15) is 10.8 Å². The third-order valence-electron chi connectivity index (χ3n) is 3.14. The van der Waals surface area contributed by atoms with Crippen LogP contribution in [0, 0.1) is 5.92 Å². The lowest BCUT2D eigenvalue weighted by Crippen LogP contribution is -2.18. The molecule has 25 heavy (non-hydrogen) atoms. The van der Waals surface area contributed by atoms with Gasteiger partial charge in [0.15, 0.2) is 5.82 Å². The largest absolute Gasteiger partial charge is 0.497 e. The van der Waals surface area contributed by atoms with Crippen LogP contribution in [0.25, 0.3) is 0 Å². The highest BCUT2D eigenvalue weighted by molar-refractivity contribution is 7.99. The molecule has 2 rings (SSSR count). The Labute approximate surface area is 150 Å². The molecule has 1 heterocycles. The Bertz CT molecular complexity index is 718. The van der Waals surface area contributed by atoms with E-state index in [1.807, 2.05) is 0 Å². The number of carbonyl (C=O) groups is 2. The summed E-state index contributed by atoms with van der Waals surface area (Å²) in [4.78, 5) is 23.5. The molecule has 1 aromatic carbocycles. The predicted molar refractivity (Wildman–Crippen MR) is 97.8 cm³/mol. The number of anilines is 2. The summed E-state index contributed by atoms with van der Waals surface area (Å²) >= 11 is 1.27. The molecule has 0 aliphatic rings. The summed E-state index contributed by atoms with van der Waals surface area (Å²) < 4.78 is 5.07. The van der Waals surface area contributed by atoms with Gasteiger partial charge in [-0.25, -0.2) is 0 Å². The van der Waals surface area contributed by atoms with Gasteiger partial charge in [0.2, 0.25) is 11.8 Å². The Kier molecular flexibility index (Phi) is 6.76. The fourth-order valence-corrected chi connectivity index (χ4v) is 2.36. The molecule has 0 saturated heterocycles. The smallest absolute Gasteiger partial charge is 0.234 e. The molecule has 0 atom stereocenters. The summed E-state index contributed by atoms with van der Waals surface area (Å²) in [6.07, 6.45) is 0. The van der Waals surface area contributed by atoms with E-state index in [2.05, 4.69) is 20.8 Å². The maximum Gasteiger partial charge on any atom is 0.234 e. The van der Waals surface area contributed by atoms with Crippen molar-refractivity contribution in [1.82, 2.24) is 10.2 Å². The van der Waals surface area contributed by atoms with Crippen LogP contribution in [0.2, 0.25) is 0 Å². The normalized spacial score (nSPS) is 10.4. The van der Waals surface area contributed by atoms with Crippen molar-refractivity contribution in [3.63, 3.8) is 0 Å². The highest BCUT2D eigenvalue weighted by Crippen LogP contribution is 2.18. The monoisotopic (exact) mass is 360 g/mol. The molecule has 7 nitrogen and oxygen atoms in total. The molecule has 0 aliphatic heterocycles. The minimum Gasteiger partial charge on any atom is -0.497 e. The van der Waals surface area contributed by atoms with Crippen LogP contribution in [-0.2, 0) is 9.59 Å². The van der Waals surface area contributed by atoms with Crippen LogP contribution in [-0.4, -0.2) is 34.9 Å². The van der Waals surface area contributed by atoms with Gasteiger partial charge in [-0.15, -0.1) is 10.2 Å². The van der Waals surface area contributed by atoms with Crippen molar-refractivity contribution in [3.8, 4) is 5.75 Å². The molecule has 0 unspecified atom stereocenters. The van der Waals surface area contributed by atoms with Crippen molar-refractivity contribution in [2.75, 3.05) is 23.5 Å². The molecule has 8 heteroatoms. The molecule has 2 aromatic rings. The average molecular weight is 360 g/mol. The lowest BCUT2D eigenvalue weighted by atomic mass is 10.2. The Morgan fingerprint density at radius 1 is 1.08 bits per heavy atom. The summed E-state index contributed by atoms with van der Waals surface area (Å²) in [7, 11) is 1.59. The second-order valence-corrected chi connectivity index (χ2v) is 6.46. The number of carbonyl (C=O) groups excluding carboxylic acids is 2. The highest BCUT2D eigenvalue weighted by Gasteiger charge is 2.09. The van der Waals surface area contributed by atoms with Gasteiger partial charge in [-0.3, -0.25) is 9.59 Å². The van der Waals surface area contributed by atoms with Crippen LogP contribution in [0.1, 0.15) is 13.8 Å². The zero-order valence-electron chi connectivity index (χ0n) is 14.3. The standard InChI is InChI=1S/C17H20N4O3S/c1-11(2)17(23)19-14-8-9-16(21-20-14)25-10-15(22)18-12-4-6-13(24-3)7-5-12/h4-9,11H,10H2,1-3H3,(H,18,22)(H,19,20,23). The van der Waals surface area contributed by atoms with Crippen molar-refractivity contribution in [2.45, 2.75) is 18.9 Å². The molecular weight excluding hydrogens is 340 g/mol. The number of amides is 2. The number of nitrogens with one attached hydrogen (secondary N) is 2. The topological polar surface area (TPSA) is 93.2 Å². The minimum atomic E-state index is -0.144. The fourth-order valence-electron chi connectivity index (χ4n) is 1.75. The molecular formula is C17H20N4O3S. The van der Waals surface area contributed by atoms with E-state index in [1.165, 1.54) is 11.8 Å². The summed E-state index contributed by atoms with van der Waals surface area (Å²) in [6, 6.07) is 10.5. The molecule has 0 aliphatic carbocycles. The quantitative estimate of drug-likeness (QED) is 0.738. The Hall–Kier alpha value is -2.61. The van der Waals surface area contributed by atoms with Crippen LogP contribution in [0.4, 0.5) is 11.5 Å². The first-order valence-electron chi connectivity index (χ1n) is 7.69. The number of nitrogens with zero attached hydrogens (tertiary/aromatic N) is 2. The molecule has 0 fully saturated rings. The van der Waals surface area contributed by atoms with Gasteiger partial charge < -0.3 is 15.4 Å². The van der Waals surface area contributed by atoms with E-state index < -0.39 is 0 Å². The number of aromatic nitrogens is 2. The van der Waals surface area contributed by atoms with Gasteiger partial charge in [-0.2, -0.15) is 0 Å². The van der Waals surface area contributed by atoms with Gasteiger partial charge >= 0.3 is 0 Å². The summed E-state index contributed by atoms with van der Waals surface area (Å²) in [6.45, 7) is 3.60. The lowest BCUT2D eigenvalue weighted by molar-refractivity contribution is -0.119. The molecule has 0 bridgehead atoms. The van der Waals surface area contributed by atoms with Gasteiger partial charge in [0, 0.05) is 11.6 Å². The van der Waals surface area contributed by atoms with E-state index in [-0.39, 0.29) is 23.5 Å². The van der Waals surface area contributed by atoms with Crippen LogP contribution < -0.4 is 15.4 Å². The average Bonchev–Trinajstić information content (AvgIpc) is 2.61. The molecule has 2 N–H and O–H groups in total. The summed E-state index contributed by atoms with van der Waals surface area (Å²) in [5.74, 6) is 0.941. The Morgan fingerprint density at radius 3 is 2.36 bits per heavy atom. The molecule has 0 radical (unpaired) electrons. The molecule has 2 amide bonds. The SMILES string of the molecule is COc1ccc(NC(=O)CSc2ccc(NC(=O)C(C)C)nn2)cc1. The Balaban J connectivity index is 1.81. The van der Waals surface area contributed by atoms with E-state index in [4.69, 9.17) is 4.74 Å². The van der Waals surface area contributed by atoms with Crippen molar-refractivity contribution in [3.05, 3.63) is 36.4 Å². The van der Waals surface area contributed by atoms with E-state index in [1.54, 1.807) is 57.4 Å². The molecule has 1 aromatic heterocycles. The van der Waals surface area contributed by atoms with Crippen LogP contribution in [0.3, 0.4) is 0 Å². The first-order chi connectivity index (χ1) is 12.0. The zero-order chi connectivity index (χ0) is 18.2. The van der Waals surface area contributed by atoms with Crippen LogP contribution in [0.5, 0.6) is 5.75 Å². The van der Waals surface area contributed by atoms with E-state index >= 15 is 0 Å². The lowest BCUT2D eigenvalue weighted by Gasteiger charge is -2.07. The maximum absolute atomic E-state index is 12.0. The number of hydrogen-bond donors (Lipinski definition) is 2. The summed E-state index contributed by atoms with van der Waals surface area (Å²) in [5.41, 5.74) is 0.698. The molecule has 132 valence electrons. The number of methoxy groups -OCH3 is 1. The van der Waals surface area contributed by atoms with Gasteiger partial charge in [0.05, 0.1) is 12.9 Å². The molecule has 0 spiro atoms. The second kappa shape index (κ2) is 9.03. The Morgan fingerprint density at radius 2 is 1.80 bits per heavy atom. The van der Waals surface area contributed by atoms with E-state index in [0.29, 0.717) is 16.5 Å². The fraction of sp³-hybridized carbons (Fsp3) is 0.294. The summed E-state index contributed by atoms with van der Waals surface area (Å²) in [5, 5.41) is 14.0. The first-order valence-corrected chi connectivity index (χ1v) is 8.68. The van der Waals surface area contributed by atoms with Gasteiger partial charge in [0.25, 0.3) is 0 Å². The van der Waals surface area contributed by atoms with Crippen molar-refractivity contribution in [1.29, 1.82) is 0 Å². The van der Waals surface area contributed by atoms with Crippen molar-refractivity contribution >= 4 is 35.1 Å².